The maximum absolute atomic E-state index is 13.1. The van der Waals surface area contributed by atoms with E-state index >= 15 is 0 Å². The van der Waals surface area contributed by atoms with E-state index < -0.39 is 23.3 Å². The van der Waals surface area contributed by atoms with Crippen molar-refractivity contribution in [3.8, 4) is 0 Å². The molecule has 2 rings (SSSR count). The number of fused-ring (bicyclic) bond motifs is 1. The van der Waals surface area contributed by atoms with Crippen LogP contribution in [0.5, 0.6) is 0 Å². The summed E-state index contributed by atoms with van der Waals surface area (Å²) in [6, 6.07) is 4.03. The number of carbonyl (C=O) groups excluding carboxylic acids is 2. The lowest BCUT2D eigenvalue weighted by Gasteiger charge is -2.21. The lowest BCUT2D eigenvalue weighted by atomic mass is 10.1. The van der Waals surface area contributed by atoms with Crippen LogP contribution < -0.4 is 0 Å². The van der Waals surface area contributed by atoms with Gasteiger partial charge in [-0.05, 0) is 44.9 Å². The molecule has 4 heteroatoms. The van der Waals surface area contributed by atoms with Crippen LogP contribution in [0.2, 0.25) is 0 Å². The van der Waals surface area contributed by atoms with E-state index in [-0.39, 0.29) is 5.78 Å². The third-order valence-electron chi connectivity index (χ3n) is 2.77. The maximum atomic E-state index is 13.1. The zero-order valence-corrected chi connectivity index (χ0v) is 10.6. The van der Waals surface area contributed by atoms with Crippen molar-refractivity contribution in [1.82, 2.24) is 0 Å². The summed E-state index contributed by atoms with van der Waals surface area (Å²) in [5.74, 6) is -2.18. The molecule has 1 aliphatic rings. The van der Waals surface area contributed by atoms with Gasteiger partial charge in [-0.3, -0.25) is 9.59 Å². The van der Waals surface area contributed by atoms with Gasteiger partial charge in [0.15, 0.2) is 5.78 Å². The number of ketones is 1. The molecular weight excluding hydrogens is 235 g/mol. The zero-order valence-electron chi connectivity index (χ0n) is 10.6. The second-order valence-electron chi connectivity index (χ2n) is 5.46. The molecule has 3 nitrogen and oxygen atoms in total. The zero-order chi connectivity index (χ0) is 13.5. The quantitative estimate of drug-likeness (QED) is 0.568. The maximum Gasteiger partial charge on any atom is 0.317 e. The van der Waals surface area contributed by atoms with Gasteiger partial charge in [0, 0.05) is 5.56 Å². The molecule has 0 spiro atoms. The van der Waals surface area contributed by atoms with Gasteiger partial charge in [-0.15, -0.1) is 0 Å². The van der Waals surface area contributed by atoms with E-state index in [2.05, 4.69) is 0 Å². The largest absolute Gasteiger partial charge is 0.459 e. The van der Waals surface area contributed by atoms with Crippen LogP contribution in [0.1, 0.15) is 36.7 Å². The van der Waals surface area contributed by atoms with Crippen molar-refractivity contribution in [2.45, 2.75) is 32.8 Å². The molecule has 0 amide bonds. The number of carbonyl (C=O) groups is 2. The molecule has 0 unspecified atom stereocenters. The van der Waals surface area contributed by atoms with Crippen molar-refractivity contribution in [3.63, 3.8) is 0 Å². The summed E-state index contributed by atoms with van der Waals surface area (Å²) < 4.78 is 18.3. The molecule has 96 valence electrons. The molecule has 0 aromatic heterocycles. The highest BCUT2D eigenvalue weighted by Gasteiger charge is 2.38. The van der Waals surface area contributed by atoms with Crippen molar-refractivity contribution >= 4 is 11.8 Å². The second kappa shape index (κ2) is 4.19. The van der Waals surface area contributed by atoms with Crippen LogP contribution in [-0.4, -0.2) is 17.4 Å². The number of Topliss-reactive ketones (excluding diaryl/α,β-unsaturated/α-hetero) is 1. The summed E-state index contributed by atoms with van der Waals surface area (Å²) in [4.78, 5) is 23.9. The lowest BCUT2D eigenvalue weighted by molar-refractivity contribution is -0.157. The Morgan fingerprint density at radius 2 is 2.06 bits per heavy atom. The van der Waals surface area contributed by atoms with E-state index in [1.165, 1.54) is 12.1 Å². The summed E-state index contributed by atoms with van der Waals surface area (Å²) in [5.41, 5.74) is 0.375. The Balaban J connectivity index is 2.21. The number of hydrogen-bond acceptors (Lipinski definition) is 3. The lowest BCUT2D eigenvalue weighted by Crippen LogP contribution is -2.31. The van der Waals surface area contributed by atoms with Gasteiger partial charge in [0.2, 0.25) is 0 Å². The minimum atomic E-state index is -0.832. The van der Waals surface area contributed by atoms with Gasteiger partial charge in [-0.1, -0.05) is 6.07 Å². The van der Waals surface area contributed by atoms with Gasteiger partial charge in [-0.25, -0.2) is 4.39 Å². The molecule has 1 aliphatic carbocycles. The van der Waals surface area contributed by atoms with Crippen molar-refractivity contribution in [2.75, 3.05) is 0 Å². The van der Waals surface area contributed by atoms with E-state index in [9.17, 15) is 14.0 Å². The minimum absolute atomic E-state index is 0.295. The summed E-state index contributed by atoms with van der Waals surface area (Å²) in [6.07, 6.45) is 0.295. The Morgan fingerprint density at radius 1 is 1.39 bits per heavy atom. The second-order valence-corrected chi connectivity index (χ2v) is 5.46. The van der Waals surface area contributed by atoms with E-state index in [1.807, 2.05) is 0 Å². The molecule has 1 atom stereocenters. The highest BCUT2D eigenvalue weighted by Crippen LogP contribution is 2.29. The summed E-state index contributed by atoms with van der Waals surface area (Å²) in [5, 5.41) is 0. The van der Waals surface area contributed by atoms with Crippen LogP contribution in [0.25, 0.3) is 0 Å². The predicted molar refractivity (Wildman–Crippen MR) is 63.8 cm³/mol. The molecule has 0 saturated carbocycles. The third kappa shape index (κ3) is 2.42. The van der Waals surface area contributed by atoms with Gasteiger partial charge in [0.05, 0.1) is 0 Å². The normalized spacial score (nSPS) is 18.7. The molecule has 0 radical (unpaired) electrons. The van der Waals surface area contributed by atoms with Crippen LogP contribution in [-0.2, 0) is 16.0 Å². The van der Waals surface area contributed by atoms with E-state index in [0.29, 0.717) is 17.5 Å². The smallest absolute Gasteiger partial charge is 0.317 e. The number of hydrogen-bond donors (Lipinski definition) is 0. The Morgan fingerprint density at radius 3 is 2.67 bits per heavy atom. The number of halogens is 1. The fraction of sp³-hybridized carbons (Fsp3) is 0.429. The summed E-state index contributed by atoms with van der Waals surface area (Å²) >= 11 is 0. The fourth-order valence-corrected chi connectivity index (χ4v) is 2.02. The van der Waals surface area contributed by atoms with Crippen molar-refractivity contribution in [1.29, 1.82) is 0 Å². The highest BCUT2D eigenvalue weighted by molar-refractivity contribution is 6.12. The van der Waals surface area contributed by atoms with Gasteiger partial charge < -0.3 is 4.74 Å². The van der Waals surface area contributed by atoms with Gasteiger partial charge >= 0.3 is 5.97 Å². The Bertz CT molecular complexity index is 514. The van der Waals surface area contributed by atoms with Crippen LogP contribution in [0, 0.1) is 11.7 Å². The van der Waals surface area contributed by atoms with Crippen molar-refractivity contribution in [3.05, 3.63) is 35.1 Å². The van der Waals surface area contributed by atoms with Gasteiger partial charge in [-0.2, -0.15) is 0 Å². The third-order valence-corrected chi connectivity index (χ3v) is 2.77. The molecule has 1 aromatic carbocycles. The molecule has 0 saturated heterocycles. The first kappa shape index (κ1) is 12.7. The molecule has 0 bridgehead atoms. The molecular formula is C14H15FO3. The molecule has 0 aliphatic heterocycles. The van der Waals surface area contributed by atoms with Crippen molar-refractivity contribution < 1.29 is 18.7 Å². The first-order valence-corrected chi connectivity index (χ1v) is 5.83. The van der Waals surface area contributed by atoms with Crippen LogP contribution in [0.15, 0.2) is 18.2 Å². The van der Waals surface area contributed by atoms with E-state index in [4.69, 9.17) is 4.74 Å². The first-order chi connectivity index (χ1) is 8.28. The molecule has 18 heavy (non-hydrogen) atoms. The van der Waals surface area contributed by atoms with Gasteiger partial charge in [0.1, 0.15) is 17.3 Å². The van der Waals surface area contributed by atoms with E-state index in [0.717, 1.165) is 0 Å². The predicted octanol–water partition coefficient (Wildman–Crippen LogP) is 2.52. The Kier molecular flexibility index (Phi) is 2.97. The first-order valence-electron chi connectivity index (χ1n) is 5.83. The van der Waals surface area contributed by atoms with Crippen LogP contribution >= 0.6 is 0 Å². The van der Waals surface area contributed by atoms with Gasteiger partial charge in [0.25, 0.3) is 0 Å². The van der Waals surface area contributed by atoms with Crippen LogP contribution in [0.4, 0.5) is 4.39 Å². The molecule has 1 aromatic rings. The number of esters is 1. The average Bonchev–Trinajstić information content (AvgIpc) is 2.54. The minimum Gasteiger partial charge on any atom is -0.459 e. The highest BCUT2D eigenvalue weighted by atomic mass is 19.1. The number of rotatable bonds is 1. The van der Waals surface area contributed by atoms with Crippen molar-refractivity contribution in [2.24, 2.45) is 5.92 Å². The Labute approximate surface area is 105 Å². The average molecular weight is 250 g/mol. The monoisotopic (exact) mass is 250 g/mol. The van der Waals surface area contributed by atoms with E-state index in [1.54, 1.807) is 26.8 Å². The number of ether oxygens (including phenoxy) is 1. The molecule has 0 N–H and O–H groups in total. The molecule has 0 heterocycles. The summed E-state index contributed by atoms with van der Waals surface area (Å²) in [6.45, 7) is 5.24. The molecule has 0 fully saturated rings. The summed E-state index contributed by atoms with van der Waals surface area (Å²) in [7, 11) is 0. The topological polar surface area (TPSA) is 43.4 Å². The Hall–Kier alpha value is -1.71. The number of benzene rings is 1. The fourth-order valence-electron chi connectivity index (χ4n) is 2.02. The standard InChI is InChI=1S/C14H15FO3/c1-14(2,3)18-13(17)11-6-8-4-5-9(15)7-10(8)12(11)16/h4-5,7,11H,6H2,1-3H3/t11-/m1/s1. The van der Waals surface area contributed by atoms with Crippen LogP contribution in [0.3, 0.4) is 0 Å². The SMILES string of the molecule is CC(C)(C)OC(=O)[C@@H]1Cc2ccc(F)cc2C1=O.